The second kappa shape index (κ2) is 4.17. The monoisotopic (exact) mass is 302 g/mol. The van der Waals surface area contributed by atoms with Gasteiger partial charge >= 0.3 is 6.03 Å². The zero-order chi connectivity index (χ0) is 14.7. The number of carbonyl (C=O) groups is 2. The first kappa shape index (κ1) is 13.3. The number of hydroxylamine groups is 2. The Balaban J connectivity index is 1.95. The van der Waals surface area contributed by atoms with E-state index in [1.165, 1.54) is 0 Å². The maximum absolute atomic E-state index is 12.1. The Bertz CT molecular complexity index is 610. The van der Waals surface area contributed by atoms with Gasteiger partial charge in [-0.15, -0.1) is 0 Å². The van der Waals surface area contributed by atoms with Crippen LogP contribution in [0.4, 0.5) is 4.79 Å². The number of amides is 3. The summed E-state index contributed by atoms with van der Waals surface area (Å²) in [5.41, 5.74) is 6.03. The molecular formula is C10H12N3O6S-. The SMILES string of the molecule is NC(=O)[C@@H]1C(C2CC2)=C[C@@H]2CN1C(=O)N2OS(=O)(=O)[O-]. The minimum Gasteiger partial charge on any atom is -0.724 e. The van der Waals surface area contributed by atoms with E-state index in [-0.39, 0.29) is 12.5 Å². The van der Waals surface area contributed by atoms with Gasteiger partial charge in [-0.3, -0.25) is 4.79 Å². The fourth-order valence-corrected chi connectivity index (χ4v) is 3.10. The van der Waals surface area contributed by atoms with E-state index in [9.17, 15) is 22.6 Å². The smallest absolute Gasteiger partial charge is 0.346 e. The van der Waals surface area contributed by atoms with E-state index >= 15 is 0 Å². The minimum absolute atomic E-state index is 0.0676. The summed E-state index contributed by atoms with van der Waals surface area (Å²) in [4.78, 5) is 24.8. The van der Waals surface area contributed by atoms with Crippen LogP contribution in [0.25, 0.3) is 0 Å². The Labute approximate surface area is 114 Å². The number of hydrogen-bond acceptors (Lipinski definition) is 6. The van der Waals surface area contributed by atoms with Crippen LogP contribution in [0.15, 0.2) is 11.6 Å². The highest BCUT2D eigenvalue weighted by Crippen LogP contribution is 2.43. The Hall–Kier alpha value is -1.65. The first-order valence-electron chi connectivity index (χ1n) is 6.04. The van der Waals surface area contributed by atoms with Crippen molar-refractivity contribution in [3.05, 3.63) is 11.6 Å². The predicted octanol–water partition coefficient (Wildman–Crippen LogP) is -1.31. The Morgan fingerprint density at radius 1 is 1.45 bits per heavy atom. The molecule has 1 saturated heterocycles. The van der Waals surface area contributed by atoms with Gasteiger partial charge in [0, 0.05) is 0 Å². The molecule has 1 saturated carbocycles. The number of nitrogens with two attached hydrogens (primary N) is 1. The topological polar surface area (TPSA) is 133 Å². The summed E-state index contributed by atoms with van der Waals surface area (Å²) in [6.07, 6.45) is 3.40. The van der Waals surface area contributed by atoms with Crippen molar-refractivity contribution in [2.24, 2.45) is 11.7 Å². The summed E-state index contributed by atoms with van der Waals surface area (Å²) in [7, 11) is -5.06. The molecule has 3 rings (SSSR count). The van der Waals surface area contributed by atoms with Gasteiger partial charge in [0.25, 0.3) is 0 Å². The molecule has 2 atom stereocenters. The minimum atomic E-state index is -5.06. The molecule has 0 aromatic rings. The number of hydrogen-bond donors (Lipinski definition) is 1. The summed E-state index contributed by atoms with van der Waals surface area (Å²) in [6, 6.07) is -2.43. The number of rotatable bonds is 4. The maximum Gasteiger partial charge on any atom is 0.346 e. The standard InChI is InChI=1S/C10H13N3O6S/c11-9(14)8-7(5-1-2-5)3-6-4-12(8)10(15)13(6)19-20(16,17)18/h3,5-6,8H,1-2,4H2,(H2,11,14)(H,16,17,18)/p-1/t6-,8+/m1/s1. The van der Waals surface area contributed by atoms with E-state index in [2.05, 4.69) is 4.28 Å². The first-order chi connectivity index (χ1) is 9.28. The summed E-state index contributed by atoms with van der Waals surface area (Å²) < 4.78 is 36.1. The van der Waals surface area contributed by atoms with E-state index in [1.807, 2.05) is 0 Å². The van der Waals surface area contributed by atoms with E-state index in [4.69, 9.17) is 5.73 Å². The largest absolute Gasteiger partial charge is 0.724 e. The van der Waals surface area contributed by atoms with Crippen LogP contribution in [0.2, 0.25) is 0 Å². The van der Waals surface area contributed by atoms with Gasteiger partial charge in [0.05, 0.1) is 12.6 Å². The molecule has 0 unspecified atom stereocenters. The lowest BCUT2D eigenvalue weighted by atomic mass is 9.95. The van der Waals surface area contributed by atoms with Gasteiger partial charge in [-0.25, -0.2) is 13.2 Å². The quantitative estimate of drug-likeness (QED) is 0.389. The molecule has 0 aromatic carbocycles. The third-order valence-electron chi connectivity index (χ3n) is 3.62. The maximum atomic E-state index is 12.1. The third kappa shape index (κ3) is 2.15. The van der Waals surface area contributed by atoms with Crippen LogP contribution in [-0.4, -0.2) is 53.5 Å². The normalized spacial score (nSPS) is 29.6. The van der Waals surface area contributed by atoms with Crippen molar-refractivity contribution < 1.29 is 26.8 Å². The molecule has 0 spiro atoms. The molecule has 9 nitrogen and oxygen atoms in total. The zero-order valence-corrected chi connectivity index (χ0v) is 11.1. The van der Waals surface area contributed by atoms with Crippen LogP contribution >= 0.6 is 0 Å². The Kier molecular flexibility index (Phi) is 2.78. The fraction of sp³-hybridized carbons (Fsp3) is 0.600. The van der Waals surface area contributed by atoms with Gasteiger partial charge in [0.15, 0.2) is 0 Å². The van der Waals surface area contributed by atoms with Gasteiger partial charge in [-0.2, -0.15) is 9.35 Å². The molecule has 1 aliphatic carbocycles. The van der Waals surface area contributed by atoms with Crippen LogP contribution in [0.1, 0.15) is 12.8 Å². The Morgan fingerprint density at radius 3 is 2.60 bits per heavy atom. The van der Waals surface area contributed by atoms with E-state index in [0.29, 0.717) is 10.6 Å². The number of urea groups is 1. The van der Waals surface area contributed by atoms with Gasteiger partial charge in [0.2, 0.25) is 16.3 Å². The number of nitrogens with zero attached hydrogens (tertiary/aromatic N) is 2. The lowest BCUT2D eigenvalue weighted by Crippen LogP contribution is -2.49. The summed E-state index contributed by atoms with van der Waals surface area (Å²) in [5.74, 6) is -0.504. The van der Waals surface area contributed by atoms with E-state index in [1.54, 1.807) is 6.08 Å². The van der Waals surface area contributed by atoms with Crippen molar-refractivity contribution in [2.75, 3.05) is 6.54 Å². The lowest BCUT2D eigenvalue weighted by molar-refractivity contribution is -0.121. The summed E-state index contributed by atoms with van der Waals surface area (Å²) >= 11 is 0. The highest BCUT2D eigenvalue weighted by Gasteiger charge is 2.51. The van der Waals surface area contributed by atoms with Crippen LogP contribution in [-0.2, 0) is 19.5 Å². The van der Waals surface area contributed by atoms with Gasteiger partial charge < -0.3 is 15.2 Å². The van der Waals surface area contributed by atoms with Gasteiger partial charge in [-0.05, 0) is 24.3 Å². The molecule has 3 aliphatic rings. The zero-order valence-electron chi connectivity index (χ0n) is 10.3. The average molecular weight is 302 g/mol. The molecule has 20 heavy (non-hydrogen) atoms. The second-order valence-electron chi connectivity index (χ2n) is 5.06. The van der Waals surface area contributed by atoms with Crippen LogP contribution in [0.5, 0.6) is 0 Å². The molecule has 0 aromatic heterocycles. The first-order valence-corrected chi connectivity index (χ1v) is 7.37. The molecule has 2 bridgehead atoms. The average Bonchev–Trinajstić information content (AvgIpc) is 3.13. The predicted molar refractivity (Wildman–Crippen MR) is 62.3 cm³/mol. The van der Waals surface area contributed by atoms with Crippen molar-refractivity contribution in [2.45, 2.75) is 24.9 Å². The van der Waals surface area contributed by atoms with Crippen LogP contribution in [0, 0.1) is 5.92 Å². The molecule has 0 radical (unpaired) electrons. The van der Waals surface area contributed by atoms with Crippen molar-refractivity contribution >= 4 is 22.3 Å². The number of carbonyl (C=O) groups excluding carboxylic acids is 2. The van der Waals surface area contributed by atoms with Gasteiger partial charge in [-0.1, -0.05) is 6.08 Å². The summed E-state index contributed by atoms with van der Waals surface area (Å²) in [6.45, 7) is 0.0676. The molecule has 2 fully saturated rings. The van der Waals surface area contributed by atoms with E-state index < -0.39 is 34.4 Å². The molecule has 3 amide bonds. The van der Waals surface area contributed by atoms with Crippen molar-refractivity contribution in [3.63, 3.8) is 0 Å². The Morgan fingerprint density at radius 2 is 2.10 bits per heavy atom. The van der Waals surface area contributed by atoms with Crippen LogP contribution < -0.4 is 5.73 Å². The lowest BCUT2D eigenvalue weighted by Gasteiger charge is -2.29. The molecule has 2 N–H and O–H groups in total. The molecule has 2 heterocycles. The highest BCUT2D eigenvalue weighted by molar-refractivity contribution is 7.80. The second-order valence-corrected chi connectivity index (χ2v) is 6.02. The summed E-state index contributed by atoms with van der Waals surface area (Å²) in [5, 5.41) is 0.494. The number of fused-ring (bicyclic) bond motifs is 2. The number of primary amides is 1. The molecular weight excluding hydrogens is 290 g/mol. The molecule has 10 heteroatoms. The van der Waals surface area contributed by atoms with E-state index in [0.717, 1.165) is 17.7 Å². The van der Waals surface area contributed by atoms with Crippen molar-refractivity contribution in [3.8, 4) is 0 Å². The highest BCUT2D eigenvalue weighted by atomic mass is 32.3. The van der Waals surface area contributed by atoms with Crippen molar-refractivity contribution in [1.29, 1.82) is 0 Å². The van der Waals surface area contributed by atoms with Crippen molar-refractivity contribution in [1.82, 2.24) is 9.96 Å². The molecule has 110 valence electrons. The third-order valence-corrected chi connectivity index (χ3v) is 3.96. The fourth-order valence-electron chi connectivity index (χ4n) is 2.73. The van der Waals surface area contributed by atoms with Crippen LogP contribution in [0.3, 0.4) is 0 Å². The van der Waals surface area contributed by atoms with Gasteiger partial charge in [0.1, 0.15) is 6.04 Å². The molecule has 2 aliphatic heterocycles.